The van der Waals surface area contributed by atoms with Crippen molar-refractivity contribution in [3.8, 4) is 5.75 Å². The van der Waals surface area contributed by atoms with Crippen LogP contribution < -0.4 is 4.74 Å². The van der Waals surface area contributed by atoms with Gasteiger partial charge in [0.2, 0.25) is 0 Å². The van der Waals surface area contributed by atoms with Crippen molar-refractivity contribution in [3.05, 3.63) is 29.8 Å². The predicted molar refractivity (Wildman–Crippen MR) is 70.1 cm³/mol. The normalized spacial score (nSPS) is 33.4. The summed E-state index contributed by atoms with van der Waals surface area (Å²) < 4.78 is 16.7. The quantitative estimate of drug-likeness (QED) is 0.902. The molecule has 2 fully saturated rings. The highest BCUT2D eigenvalue weighted by atomic mass is 16.5. The van der Waals surface area contributed by atoms with E-state index < -0.39 is 0 Å². The SMILES string of the molecule is COc1ccc(CO[C@@H]2C[C@@H]3C[C@@H](O)[C@H](C2)O3)cc1. The second-order valence-electron chi connectivity index (χ2n) is 5.35. The average Bonchev–Trinajstić information content (AvgIpc) is 2.70. The highest BCUT2D eigenvalue weighted by molar-refractivity contribution is 5.26. The lowest BCUT2D eigenvalue weighted by molar-refractivity contribution is -0.0971. The highest BCUT2D eigenvalue weighted by Gasteiger charge is 2.41. The Morgan fingerprint density at radius 3 is 2.68 bits per heavy atom. The van der Waals surface area contributed by atoms with Gasteiger partial charge >= 0.3 is 0 Å². The molecular weight excluding hydrogens is 244 g/mol. The summed E-state index contributed by atoms with van der Waals surface area (Å²) in [5.41, 5.74) is 1.14. The van der Waals surface area contributed by atoms with Gasteiger partial charge in [-0.25, -0.2) is 0 Å². The summed E-state index contributed by atoms with van der Waals surface area (Å²) in [6, 6.07) is 7.91. The molecule has 2 aliphatic rings. The van der Waals surface area contributed by atoms with Crippen molar-refractivity contribution in [2.75, 3.05) is 7.11 Å². The molecule has 0 radical (unpaired) electrons. The standard InChI is InChI=1S/C15H20O4/c1-17-11-4-2-10(3-5-11)9-18-12-6-13-7-14(16)15(8-12)19-13/h2-5,12-16H,6-9H2,1H3/t12-,13-,14-,15+/m1/s1. The van der Waals surface area contributed by atoms with Crippen molar-refractivity contribution in [3.63, 3.8) is 0 Å². The Bertz CT molecular complexity index is 415. The summed E-state index contributed by atoms with van der Waals surface area (Å²) in [6.07, 6.45) is 2.49. The molecule has 2 heterocycles. The molecule has 0 amide bonds. The number of benzene rings is 1. The fourth-order valence-electron chi connectivity index (χ4n) is 2.90. The lowest BCUT2D eigenvalue weighted by Crippen LogP contribution is -2.33. The Hall–Kier alpha value is -1.10. The molecule has 4 nitrogen and oxygen atoms in total. The van der Waals surface area contributed by atoms with Gasteiger partial charge in [0.25, 0.3) is 0 Å². The largest absolute Gasteiger partial charge is 0.497 e. The van der Waals surface area contributed by atoms with Crippen molar-refractivity contribution in [2.45, 2.75) is 50.3 Å². The lowest BCUT2D eigenvalue weighted by atomic mass is 10.1. The maximum atomic E-state index is 9.77. The van der Waals surface area contributed by atoms with Crippen LogP contribution in [0.25, 0.3) is 0 Å². The van der Waals surface area contributed by atoms with Crippen LogP contribution in [0.3, 0.4) is 0 Å². The van der Waals surface area contributed by atoms with E-state index in [0.29, 0.717) is 6.61 Å². The van der Waals surface area contributed by atoms with Gasteiger partial charge in [-0.3, -0.25) is 0 Å². The Kier molecular flexibility index (Phi) is 3.73. The van der Waals surface area contributed by atoms with Crippen LogP contribution in [0.4, 0.5) is 0 Å². The number of ether oxygens (including phenoxy) is 3. The molecule has 0 saturated carbocycles. The Morgan fingerprint density at radius 1 is 1.21 bits per heavy atom. The monoisotopic (exact) mass is 264 g/mol. The van der Waals surface area contributed by atoms with E-state index in [1.807, 2.05) is 24.3 Å². The second kappa shape index (κ2) is 5.49. The van der Waals surface area contributed by atoms with Crippen molar-refractivity contribution in [1.82, 2.24) is 0 Å². The Morgan fingerprint density at radius 2 is 2.00 bits per heavy atom. The van der Waals surface area contributed by atoms with Gasteiger partial charge in [0.05, 0.1) is 38.1 Å². The number of hydrogen-bond donors (Lipinski definition) is 1. The zero-order valence-electron chi connectivity index (χ0n) is 11.1. The molecule has 0 aromatic heterocycles. The summed E-state index contributed by atoms with van der Waals surface area (Å²) in [5, 5.41) is 9.77. The van der Waals surface area contributed by atoms with Crippen molar-refractivity contribution < 1.29 is 19.3 Å². The summed E-state index contributed by atoms with van der Waals surface area (Å²) in [5.74, 6) is 0.857. The first-order valence-corrected chi connectivity index (χ1v) is 6.82. The van der Waals surface area contributed by atoms with Crippen LogP contribution in [0.2, 0.25) is 0 Å². The molecule has 19 heavy (non-hydrogen) atoms. The van der Waals surface area contributed by atoms with E-state index in [2.05, 4.69) is 0 Å². The van der Waals surface area contributed by atoms with Gasteiger partial charge < -0.3 is 19.3 Å². The van der Waals surface area contributed by atoms with Crippen molar-refractivity contribution in [1.29, 1.82) is 0 Å². The third-order valence-electron chi connectivity index (χ3n) is 3.97. The van der Waals surface area contributed by atoms with E-state index >= 15 is 0 Å². The summed E-state index contributed by atoms with van der Waals surface area (Å²) in [7, 11) is 1.66. The zero-order chi connectivity index (χ0) is 13.2. The molecule has 1 aromatic carbocycles. The number of rotatable bonds is 4. The van der Waals surface area contributed by atoms with Crippen molar-refractivity contribution in [2.24, 2.45) is 0 Å². The van der Waals surface area contributed by atoms with Crippen LogP contribution in [0, 0.1) is 0 Å². The van der Waals surface area contributed by atoms with Crippen LogP contribution in [-0.4, -0.2) is 36.6 Å². The molecule has 1 aromatic rings. The van der Waals surface area contributed by atoms with E-state index in [0.717, 1.165) is 30.6 Å². The number of aliphatic hydroxyl groups is 1. The van der Waals surface area contributed by atoms with E-state index in [1.54, 1.807) is 7.11 Å². The molecular formula is C15H20O4. The first-order valence-electron chi connectivity index (χ1n) is 6.82. The summed E-state index contributed by atoms with van der Waals surface area (Å²) in [4.78, 5) is 0. The fourth-order valence-corrected chi connectivity index (χ4v) is 2.90. The molecule has 2 bridgehead atoms. The summed E-state index contributed by atoms with van der Waals surface area (Å²) in [6.45, 7) is 0.601. The number of fused-ring (bicyclic) bond motifs is 2. The van der Waals surface area contributed by atoms with Gasteiger partial charge in [0, 0.05) is 12.8 Å². The smallest absolute Gasteiger partial charge is 0.118 e. The van der Waals surface area contributed by atoms with Crippen LogP contribution in [0.5, 0.6) is 5.75 Å². The molecule has 0 unspecified atom stereocenters. The van der Waals surface area contributed by atoms with Crippen molar-refractivity contribution >= 4 is 0 Å². The second-order valence-corrected chi connectivity index (χ2v) is 5.35. The van der Waals surface area contributed by atoms with Gasteiger partial charge in [0.15, 0.2) is 0 Å². The van der Waals surface area contributed by atoms with E-state index in [9.17, 15) is 5.11 Å². The third-order valence-corrected chi connectivity index (χ3v) is 3.97. The molecule has 2 aliphatic heterocycles. The molecule has 2 saturated heterocycles. The van der Waals surface area contributed by atoms with E-state index in [-0.39, 0.29) is 24.4 Å². The molecule has 1 N–H and O–H groups in total. The first-order chi connectivity index (χ1) is 9.24. The van der Waals surface area contributed by atoms with Crippen LogP contribution in [0.15, 0.2) is 24.3 Å². The third kappa shape index (κ3) is 2.91. The van der Waals surface area contributed by atoms with E-state index in [4.69, 9.17) is 14.2 Å². The Balaban J connectivity index is 1.52. The van der Waals surface area contributed by atoms with Crippen LogP contribution >= 0.6 is 0 Å². The number of aliphatic hydroxyl groups excluding tert-OH is 1. The van der Waals surface area contributed by atoms with E-state index in [1.165, 1.54) is 0 Å². The molecule has 4 atom stereocenters. The minimum absolute atomic E-state index is 0.0281. The first kappa shape index (κ1) is 12.9. The minimum Gasteiger partial charge on any atom is -0.497 e. The average molecular weight is 264 g/mol. The molecule has 3 rings (SSSR count). The van der Waals surface area contributed by atoms with Gasteiger partial charge in [0.1, 0.15) is 5.75 Å². The van der Waals surface area contributed by atoms with Gasteiger partial charge in [-0.2, -0.15) is 0 Å². The van der Waals surface area contributed by atoms with Gasteiger partial charge in [-0.1, -0.05) is 12.1 Å². The van der Waals surface area contributed by atoms with Crippen LogP contribution in [-0.2, 0) is 16.1 Å². The minimum atomic E-state index is -0.306. The zero-order valence-corrected chi connectivity index (χ0v) is 11.1. The maximum Gasteiger partial charge on any atom is 0.118 e. The summed E-state index contributed by atoms with van der Waals surface area (Å²) >= 11 is 0. The lowest BCUT2D eigenvalue weighted by Gasteiger charge is -2.28. The molecule has 0 spiro atoms. The topological polar surface area (TPSA) is 47.9 Å². The maximum absolute atomic E-state index is 9.77. The Labute approximate surface area is 113 Å². The van der Waals surface area contributed by atoms with Crippen LogP contribution in [0.1, 0.15) is 24.8 Å². The molecule has 104 valence electrons. The fraction of sp³-hybridized carbons (Fsp3) is 0.600. The highest BCUT2D eigenvalue weighted by Crippen LogP contribution is 2.34. The van der Waals surface area contributed by atoms with Gasteiger partial charge in [-0.05, 0) is 24.1 Å². The number of hydrogen-bond acceptors (Lipinski definition) is 4. The van der Waals surface area contributed by atoms with Gasteiger partial charge in [-0.15, -0.1) is 0 Å². The predicted octanol–water partition coefficient (Wildman–Crippen LogP) is 1.89. The number of methoxy groups -OCH3 is 1. The molecule has 4 heteroatoms. The molecule has 0 aliphatic carbocycles.